The Morgan fingerprint density at radius 2 is 1.62 bits per heavy atom. The number of hydrogen-bond acceptors (Lipinski definition) is 3. The van der Waals surface area contributed by atoms with Gasteiger partial charge in [-0.15, -0.1) is 25.6 Å². The molecular weight excluding hydrogens is 373 g/mol. The van der Waals surface area contributed by atoms with Crippen LogP contribution in [0.15, 0.2) is 36.4 Å². The van der Waals surface area contributed by atoms with Crippen molar-refractivity contribution in [3.05, 3.63) is 47.2 Å². The maximum atomic E-state index is 13.2. The molecule has 2 rings (SSSR count). The van der Waals surface area contributed by atoms with Crippen LogP contribution >= 0.6 is 24.0 Å². The zero-order valence-electron chi connectivity index (χ0n) is 12.1. The Hall–Kier alpha value is -1.70. The Kier molecular flexibility index (Phi) is 7.13. The second-order valence-corrected chi connectivity index (χ2v) is 4.88. The number of alkyl halides is 3. The molecule has 132 valence electrons. The third-order valence-electron chi connectivity index (χ3n) is 2.80. The minimum atomic E-state index is -4.85. The Morgan fingerprint density at radius 3 is 2.21 bits per heavy atom. The van der Waals surface area contributed by atoms with Crippen LogP contribution in [0, 0.1) is 5.82 Å². The van der Waals surface area contributed by atoms with Crippen LogP contribution in [0.25, 0.3) is 11.1 Å². The first-order chi connectivity index (χ1) is 10.8. The standard InChI is InChI=1S/C15H12ClF4NO2.ClH/c16-11-7-9(1-3-12(11)17)10-2-4-13(23-15(18,19)20)14(8-10)22-6-5-21;/h1-4,7-8H,5-6,21H2;1H. The van der Waals surface area contributed by atoms with E-state index in [0.29, 0.717) is 11.1 Å². The van der Waals surface area contributed by atoms with Gasteiger partial charge >= 0.3 is 6.36 Å². The van der Waals surface area contributed by atoms with Crippen molar-refractivity contribution in [3.63, 3.8) is 0 Å². The van der Waals surface area contributed by atoms with Crippen LogP contribution in [0.5, 0.6) is 11.5 Å². The van der Waals surface area contributed by atoms with Crippen molar-refractivity contribution in [1.82, 2.24) is 0 Å². The molecule has 0 amide bonds. The normalized spacial score (nSPS) is 10.9. The average Bonchev–Trinajstić information content (AvgIpc) is 2.47. The molecule has 3 nitrogen and oxygen atoms in total. The summed E-state index contributed by atoms with van der Waals surface area (Å²) in [4.78, 5) is 0. The molecule has 0 radical (unpaired) electrons. The van der Waals surface area contributed by atoms with E-state index in [0.717, 1.165) is 12.1 Å². The fourth-order valence-electron chi connectivity index (χ4n) is 1.85. The topological polar surface area (TPSA) is 44.5 Å². The molecule has 0 aliphatic rings. The van der Waals surface area contributed by atoms with Gasteiger partial charge in [0.15, 0.2) is 11.5 Å². The summed E-state index contributed by atoms with van der Waals surface area (Å²) < 4.78 is 59.5. The predicted molar refractivity (Wildman–Crippen MR) is 85.3 cm³/mol. The first-order valence-electron chi connectivity index (χ1n) is 6.48. The van der Waals surface area contributed by atoms with Crippen molar-refractivity contribution in [2.75, 3.05) is 13.2 Å². The maximum Gasteiger partial charge on any atom is 0.573 e. The molecule has 2 aromatic rings. The molecule has 0 spiro atoms. The highest BCUT2D eigenvalue weighted by Gasteiger charge is 2.32. The first kappa shape index (κ1) is 20.3. The number of nitrogens with two attached hydrogens (primary N) is 1. The molecule has 0 aliphatic heterocycles. The highest BCUT2D eigenvalue weighted by molar-refractivity contribution is 6.31. The van der Waals surface area contributed by atoms with E-state index in [1.165, 1.54) is 24.3 Å². The summed E-state index contributed by atoms with van der Waals surface area (Å²) in [5, 5.41) is -0.0949. The molecule has 0 fully saturated rings. The van der Waals surface area contributed by atoms with Crippen LogP contribution in [-0.2, 0) is 0 Å². The van der Waals surface area contributed by atoms with Crippen molar-refractivity contribution in [2.24, 2.45) is 5.73 Å². The lowest BCUT2D eigenvalue weighted by atomic mass is 10.1. The smallest absolute Gasteiger partial charge is 0.488 e. The largest absolute Gasteiger partial charge is 0.573 e. The monoisotopic (exact) mass is 385 g/mol. The van der Waals surface area contributed by atoms with E-state index in [4.69, 9.17) is 22.1 Å². The summed E-state index contributed by atoms with van der Waals surface area (Å²) in [6.07, 6.45) is -4.85. The first-order valence-corrected chi connectivity index (χ1v) is 6.86. The molecule has 2 N–H and O–H groups in total. The van der Waals surface area contributed by atoms with Crippen LogP contribution < -0.4 is 15.2 Å². The van der Waals surface area contributed by atoms with E-state index in [9.17, 15) is 17.6 Å². The van der Waals surface area contributed by atoms with Gasteiger partial charge in [-0.05, 0) is 35.4 Å². The molecule has 0 aromatic heterocycles. The zero-order valence-corrected chi connectivity index (χ0v) is 13.6. The Morgan fingerprint density at radius 1 is 1.00 bits per heavy atom. The molecule has 0 atom stereocenters. The summed E-state index contributed by atoms with van der Waals surface area (Å²) in [6.45, 7) is 0.139. The fourth-order valence-corrected chi connectivity index (χ4v) is 2.03. The van der Waals surface area contributed by atoms with Crippen LogP contribution in [-0.4, -0.2) is 19.5 Å². The van der Waals surface area contributed by atoms with Crippen molar-refractivity contribution in [1.29, 1.82) is 0 Å². The van der Waals surface area contributed by atoms with Crippen molar-refractivity contribution < 1.29 is 27.0 Å². The number of ether oxygens (including phenoxy) is 2. The second kappa shape index (κ2) is 8.41. The number of halogens is 6. The van der Waals surface area contributed by atoms with Crippen LogP contribution in [0.3, 0.4) is 0 Å². The second-order valence-electron chi connectivity index (χ2n) is 4.48. The lowest BCUT2D eigenvalue weighted by Crippen LogP contribution is -2.18. The van der Waals surface area contributed by atoms with E-state index < -0.39 is 17.9 Å². The fraction of sp³-hybridized carbons (Fsp3) is 0.200. The van der Waals surface area contributed by atoms with Gasteiger partial charge < -0.3 is 15.2 Å². The molecule has 0 bridgehead atoms. The van der Waals surface area contributed by atoms with E-state index in [-0.39, 0.29) is 36.3 Å². The van der Waals surface area contributed by atoms with Crippen LogP contribution in [0.4, 0.5) is 17.6 Å². The number of hydrogen-bond donors (Lipinski definition) is 1. The molecule has 0 saturated heterocycles. The van der Waals surface area contributed by atoms with Gasteiger partial charge in [0.25, 0.3) is 0 Å². The number of rotatable bonds is 5. The summed E-state index contributed by atoms with van der Waals surface area (Å²) in [5.41, 5.74) is 6.31. The third-order valence-corrected chi connectivity index (χ3v) is 3.09. The highest BCUT2D eigenvalue weighted by atomic mass is 35.5. The Bertz CT molecular complexity index is 696. The van der Waals surface area contributed by atoms with Gasteiger partial charge in [-0.1, -0.05) is 23.7 Å². The van der Waals surface area contributed by atoms with Crippen LogP contribution in [0.2, 0.25) is 5.02 Å². The molecule has 0 unspecified atom stereocenters. The lowest BCUT2D eigenvalue weighted by Gasteiger charge is -2.15. The molecule has 0 heterocycles. The van der Waals surface area contributed by atoms with Gasteiger partial charge in [0.05, 0.1) is 5.02 Å². The summed E-state index contributed by atoms with van der Waals surface area (Å²) in [5.74, 6) is -1.19. The predicted octanol–water partition coefficient (Wildman–Crippen LogP) is 4.80. The van der Waals surface area contributed by atoms with Gasteiger partial charge in [-0.25, -0.2) is 4.39 Å². The van der Waals surface area contributed by atoms with Crippen molar-refractivity contribution >= 4 is 24.0 Å². The SMILES string of the molecule is Cl.NCCOc1cc(-c2ccc(F)c(Cl)c2)ccc1OC(F)(F)F. The Labute approximate surface area is 146 Å². The third kappa shape index (κ3) is 5.43. The van der Waals surface area contributed by atoms with Gasteiger partial charge in [0.2, 0.25) is 0 Å². The van der Waals surface area contributed by atoms with E-state index in [2.05, 4.69) is 4.74 Å². The minimum Gasteiger partial charge on any atom is -0.488 e. The lowest BCUT2D eigenvalue weighted by molar-refractivity contribution is -0.275. The molecule has 0 saturated carbocycles. The van der Waals surface area contributed by atoms with Gasteiger partial charge in [-0.2, -0.15) is 0 Å². The maximum absolute atomic E-state index is 13.2. The van der Waals surface area contributed by atoms with Crippen molar-refractivity contribution in [3.8, 4) is 22.6 Å². The van der Waals surface area contributed by atoms with Crippen LogP contribution in [0.1, 0.15) is 0 Å². The summed E-state index contributed by atoms with van der Waals surface area (Å²) in [7, 11) is 0. The van der Waals surface area contributed by atoms with E-state index in [1.54, 1.807) is 0 Å². The molecule has 9 heteroatoms. The van der Waals surface area contributed by atoms with E-state index >= 15 is 0 Å². The summed E-state index contributed by atoms with van der Waals surface area (Å²) in [6, 6.07) is 7.83. The van der Waals surface area contributed by atoms with E-state index in [1.807, 2.05) is 0 Å². The highest BCUT2D eigenvalue weighted by Crippen LogP contribution is 2.36. The Balaban J connectivity index is 0.00000288. The van der Waals surface area contributed by atoms with Gasteiger partial charge in [-0.3, -0.25) is 0 Å². The quantitative estimate of drug-likeness (QED) is 0.751. The molecule has 2 aromatic carbocycles. The average molecular weight is 386 g/mol. The van der Waals surface area contributed by atoms with Gasteiger partial charge in [0, 0.05) is 6.54 Å². The van der Waals surface area contributed by atoms with Crippen molar-refractivity contribution in [2.45, 2.75) is 6.36 Å². The summed E-state index contributed by atoms with van der Waals surface area (Å²) >= 11 is 5.71. The minimum absolute atomic E-state index is 0. The zero-order chi connectivity index (χ0) is 17.0. The van der Waals surface area contributed by atoms with Gasteiger partial charge in [0.1, 0.15) is 12.4 Å². The number of benzene rings is 2. The molecule has 24 heavy (non-hydrogen) atoms. The molecular formula is C15H13Cl2F4NO2. The molecule has 0 aliphatic carbocycles.